The Bertz CT molecular complexity index is 853. The third-order valence-corrected chi connectivity index (χ3v) is 6.30. The third kappa shape index (κ3) is 4.97. The van der Waals surface area contributed by atoms with Crippen LogP contribution >= 0.6 is 11.6 Å². The largest absolute Gasteiger partial charge is 0.376 e. The average molecular weight is 396 g/mol. The molecule has 0 heterocycles. The van der Waals surface area contributed by atoms with Crippen molar-refractivity contribution >= 4 is 38.9 Å². The summed E-state index contributed by atoms with van der Waals surface area (Å²) in [4.78, 5) is 12.1. The number of hydrogen-bond acceptors (Lipinski definition) is 4. The second-order valence-electron chi connectivity index (χ2n) is 5.50. The highest BCUT2D eigenvalue weighted by atomic mass is 35.5. The van der Waals surface area contributed by atoms with Crippen molar-refractivity contribution in [2.75, 3.05) is 30.3 Å². The Morgan fingerprint density at radius 1 is 1.04 bits per heavy atom. The van der Waals surface area contributed by atoms with E-state index in [4.69, 9.17) is 11.6 Å². The van der Waals surface area contributed by atoms with Gasteiger partial charge in [0.2, 0.25) is 15.9 Å². The predicted molar refractivity (Wildman–Crippen MR) is 105 cm³/mol. The van der Waals surface area contributed by atoms with Crippen LogP contribution in [0.25, 0.3) is 0 Å². The Morgan fingerprint density at radius 3 is 2.31 bits per heavy atom. The van der Waals surface area contributed by atoms with Crippen molar-refractivity contribution in [3.8, 4) is 0 Å². The van der Waals surface area contributed by atoms with E-state index in [9.17, 15) is 13.2 Å². The number of sulfonamides is 1. The van der Waals surface area contributed by atoms with Gasteiger partial charge in [-0.1, -0.05) is 43.6 Å². The van der Waals surface area contributed by atoms with E-state index in [1.165, 1.54) is 16.4 Å². The smallest absolute Gasteiger partial charge is 0.244 e. The molecule has 2 aromatic rings. The van der Waals surface area contributed by atoms with Gasteiger partial charge in [-0.3, -0.25) is 4.79 Å². The number of nitrogens with one attached hydrogen (secondary N) is 2. The lowest BCUT2D eigenvalue weighted by Gasteiger charge is -2.19. The van der Waals surface area contributed by atoms with Crippen LogP contribution in [-0.2, 0) is 14.8 Å². The van der Waals surface area contributed by atoms with E-state index in [1.54, 1.807) is 19.9 Å². The van der Waals surface area contributed by atoms with E-state index in [0.29, 0.717) is 18.8 Å². The zero-order chi connectivity index (χ0) is 19.2. The van der Waals surface area contributed by atoms with Crippen LogP contribution in [0.5, 0.6) is 0 Å². The Hall–Kier alpha value is -2.09. The molecule has 0 fully saturated rings. The molecule has 0 unspecified atom stereocenters. The molecule has 0 saturated heterocycles. The molecule has 0 saturated carbocycles. The highest BCUT2D eigenvalue weighted by Crippen LogP contribution is 2.27. The number of hydrogen-bond donors (Lipinski definition) is 2. The molecule has 0 aliphatic heterocycles. The predicted octanol–water partition coefficient (Wildman–Crippen LogP) is 3.42. The summed E-state index contributed by atoms with van der Waals surface area (Å²) in [5.74, 6) is -0.289. The summed E-state index contributed by atoms with van der Waals surface area (Å²) in [5.41, 5.74) is 1.20. The molecule has 0 aliphatic rings. The quantitative estimate of drug-likeness (QED) is 0.717. The second kappa shape index (κ2) is 9.02. The van der Waals surface area contributed by atoms with Crippen LogP contribution in [0.4, 0.5) is 11.4 Å². The molecule has 0 atom stereocenters. The molecule has 1 amide bonds. The van der Waals surface area contributed by atoms with Crippen LogP contribution in [0, 0.1) is 0 Å². The number of rotatable bonds is 8. The van der Waals surface area contributed by atoms with Gasteiger partial charge in [-0.25, -0.2) is 8.42 Å². The van der Waals surface area contributed by atoms with Crippen LogP contribution in [0.3, 0.4) is 0 Å². The summed E-state index contributed by atoms with van der Waals surface area (Å²) < 4.78 is 26.7. The standard InChI is InChI=1S/C18H22ClN3O3S/c1-3-22(4-2)26(24,25)17-12-15(10-11-16(17)19)21-18(23)13-20-14-8-6-5-7-9-14/h5-12,20H,3-4,13H2,1-2H3,(H,21,23). The third-order valence-electron chi connectivity index (χ3n) is 3.77. The van der Waals surface area contributed by atoms with Crippen molar-refractivity contribution in [2.45, 2.75) is 18.7 Å². The van der Waals surface area contributed by atoms with E-state index >= 15 is 0 Å². The van der Waals surface area contributed by atoms with Gasteiger partial charge in [-0.2, -0.15) is 4.31 Å². The Morgan fingerprint density at radius 2 is 1.69 bits per heavy atom. The number of anilines is 2. The van der Waals surface area contributed by atoms with Crippen LogP contribution in [-0.4, -0.2) is 38.3 Å². The average Bonchev–Trinajstić information content (AvgIpc) is 2.63. The van der Waals surface area contributed by atoms with E-state index < -0.39 is 10.0 Å². The van der Waals surface area contributed by atoms with Crippen molar-refractivity contribution < 1.29 is 13.2 Å². The van der Waals surface area contributed by atoms with E-state index in [2.05, 4.69) is 10.6 Å². The van der Waals surface area contributed by atoms with E-state index in [0.717, 1.165) is 5.69 Å². The van der Waals surface area contributed by atoms with Gasteiger partial charge in [0.15, 0.2) is 0 Å². The fraction of sp³-hybridized carbons (Fsp3) is 0.278. The summed E-state index contributed by atoms with van der Waals surface area (Å²) in [6, 6.07) is 13.7. The molecule has 0 aromatic heterocycles. The number of carbonyl (C=O) groups is 1. The van der Waals surface area contributed by atoms with Crippen LogP contribution < -0.4 is 10.6 Å². The lowest BCUT2D eigenvalue weighted by atomic mass is 10.3. The van der Waals surface area contributed by atoms with E-state index in [-0.39, 0.29) is 22.4 Å². The molecule has 0 aliphatic carbocycles. The number of halogens is 1. The fourth-order valence-electron chi connectivity index (χ4n) is 2.42. The SMILES string of the molecule is CCN(CC)S(=O)(=O)c1cc(NC(=O)CNc2ccccc2)ccc1Cl. The maximum absolute atomic E-state index is 12.7. The van der Waals surface area contributed by atoms with Gasteiger partial charge in [-0.05, 0) is 30.3 Å². The van der Waals surface area contributed by atoms with E-state index in [1.807, 2.05) is 30.3 Å². The minimum absolute atomic E-state index is 0.0170. The maximum Gasteiger partial charge on any atom is 0.244 e. The normalized spacial score (nSPS) is 11.4. The fourth-order valence-corrected chi connectivity index (χ4v) is 4.38. The van der Waals surface area contributed by atoms with Crippen molar-refractivity contribution in [3.05, 3.63) is 53.6 Å². The van der Waals surface area contributed by atoms with Gasteiger partial charge >= 0.3 is 0 Å². The topological polar surface area (TPSA) is 78.5 Å². The highest BCUT2D eigenvalue weighted by molar-refractivity contribution is 7.89. The van der Waals surface area contributed by atoms with Crippen molar-refractivity contribution in [1.29, 1.82) is 0 Å². The van der Waals surface area contributed by atoms with Gasteiger partial charge in [-0.15, -0.1) is 0 Å². The number of carbonyl (C=O) groups excluding carboxylic acids is 1. The van der Waals surface area contributed by atoms with Gasteiger partial charge in [0.1, 0.15) is 4.90 Å². The molecule has 2 rings (SSSR count). The summed E-state index contributed by atoms with van der Waals surface area (Å²) in [6.07, 6.45) is 0. The highest BCUT2D eigenvalue weighted by Gasteiger charge is 2.24. The summed E-state index contributed by atoms with van der Waals surface area (Å²) in [5, 5.41) is 5.80. The first-order valence-electron chi connectivity index (χ1n) is 8.27. The summed E-state index contributed by atoms with van der Waals surface area (Å²) in [6.45, 7) is 4.26. The van der Waals surface area contributed by atoms with Crippen molar-refractivity contribution in [1.82, 2.24) is 4.31 Å². The van der Waals surface area contributed by atoms with Crippen LogP contribution in [0.15, 0.2) is 53.4 Å². The first-order chi connectivity index (χ1) is 12.4. The number of para-hydroxylation sites is 1. The molecule has 0 spiro atoms. The molecule has 0 radical (unpaired) electrons. The zero-order valence-electron chi connectivity index (χ0n) is 14.7. The number of benzene rings is 2. The van der Waals surface area contributed by atoms with Crippen molar-refractivity contribution in [3.63, 3.8) is 0 Å². The van der Waals surface area contributed by atoms with Gasteiger partial charge in [0.05, 0.1) is 11.6 Å². The lowest BCUT2D eigenvalue weighted by Crippen LogP contribution is -2.31. The zero-order valence-corrected chi connectivity index (χ0v) is 16.3. The van der Waals surface area contributed by atoms with Gasteiger partial charge in [0.25, 0.3) is 0 Å². The van der Waals surface area contributed by atoms with Crippen molar-refractivity contribution in [2.24, 2.45) is 0 Å². The number of amides is 1. The first-order valence-corrected chi connectivity index (χ1v) is 10.1. The molecule has 8 heteroatoms. The summed E-state index contributed by atoms with van der Waals surface area (Å²) >= 11 is 6.09. The minimum atomic E-state index is -3.71. The Balaban J connectivity index is 2.12. The van der Waals surface area contributed by atoms with Gasteiger partial charge in [0, 0.05) is 24.5 Å². The Labute approximate surface area is 159 Å². The second-order valence-corrected chi connectivity index (χ2v) is 7.82. The molecular formula is C18H22ClN3O3S. The van der Waals surface area contributed by atoms with Crippen LogP contribution in [0.1, 0.15) is 13.8 Å². The summed E-state index contributed by atoms with van der Waals surface area (Å²) in [7, 11) is -3.71. The monoisotopic (exact) mass is 395 g/mol. The van der Waals surface area contributed by atoms with Gasteiger partial charge < -0.3 is 10.6 Å². The first kappa shape index (κ1) is 20.2. The molecular weight excluding hydrogens is 374 g/mol. The molecule has 0 bridgehead atoms. The maximum atomic E-state index is 12.7. The molecule has 6 nitrogen and oxygen atoms in total. The lowest BCUT2D eigenvalue weighted by molar-refractivity contribution is -0.114. The molecule has 26 heavy (non-hydrogen) atoms. The minimum Gasteiger partial charge on any atom is -0.376 e. The van der Waals surface area contributed by atoms with Crippen LogP contribution in [0.2, 0.25) is 5.02 Å². The Kier molecular flexibility index (Phi) is 7.02. The molecule has 2 aromatic carbocycles. The molecule has 140 valence electrons. The number of nitrogens with zero attached hydrogens (tertiary/aromatic N) is 1. The molecule has 2 N–H and O–H groups in total.